The number of hydrogen-bond donors (Lipinski definition) is 2. The molecule has 0 bridgehead atoms. The van der Waals surface area contributed by atoms with Gasteiger partial charge in [0.25, 0.3) is 15.9 Å². The number of nitrogens with one attached hydrogen (secondary N) is 2. The summed E-state index contributed by atoms with van der Waals surface area (Å²) >= 11 is 0. The third-order valence-corrected chi connectivity index (χ3v) is 7.99. The van der Waals surface area contributed by atoms with Crippen molar-refractivity contribution >= 4 is 21.6 Å². The summed E-state index contributed by atoms with van der Waals surface area (Å²) in [6, 6.07) is 20.1. The topological polar surface area (TPSA) is 106 Å². The molecule has 0 unspecified atom stereocenters. The first-order chi connectivity index (χ1) is 18.7. The molecule has 2 N–H and O–H groups in total. The fourth-order valence-electron chi connectivity index (χ4n) is 4.24. The first-order valence-electron chi connectivity index (χ1n) is 12.8. The van der Waals surface area contributed by atoms with Crippen LogP contribution in [0.2, 0.25) is 0 Å². The smallest absolute Gasteiger partial charge is 0.261 e. The van der Waals surface area contributed by atoms with Gasteiger partial charge in [-0.3, -0.25) is 9.52 Å². The number of ether oxygens (including phenoxy) is 3. The van der Waals surface area contributed by atoms with E-state index in [0.717, 1.165) is 0 Å². The van der Waals surface area contributed by atoms with E-state index >= 15 is 0 Å². The third kappa shape index (κ3) is 7.29. The van der Waals surface area contributed by atoms with Gasteiger partial charge in [-0.2, -0.15) is 0 Å². The maximum atomic E-state index is 13.3. The van der Waals surface area contributed by atoms with Crippen molar-refractivity contribution in [3.63, 3.8) is 0 Å². The van der Waals surface area contributed by atoms with Crippen LogP contribution < -0.4 is 19.5 Å². The largest absolute Gasteiger partial charge is 0.491 e. The maximum Gasteiger partial charge on any atom is 0.261 e. The molecule has 10 heteroatoms. The van der Waals surface area contributed by atoms with Crippen LogP contribution >= 0.6 is 0 Å². The van der Waals surface area contributed by atoms with Crippen LogP contribution in [0.25, 0.3) is 0 Å². The highest BCUT2D eigenvalue weighted by Crippen LogP contribution is 2.28. The summed E-state index contributed by atoms with van der Waals surface area (Å²) in [6.45, 7) is 5.48. The Balaban J connectivity index is 1.54. The third-order valence-electron chi connectivity index (χ3n) is 6.59. The van der Waals surface area contributed by atoms with E-state index in [-0.39, 0.29) is 34.6 Å². The number of fused-ring (bicyclic) bond motifs is 1. The lowest BCUT2D eigenvalue weighted by molar-refractivity contribution is 0.0281. The van der Waals surface area contributed by atoms with Crippen LogP contribution in [0.5, 0.6) is 17.2 Å². The Morgan fingerprint density at radius 1 is 1.00 bits per heavy atom. The molecule has 1 heterocycles. The number of sulfonamides is 1. The Kier molecular flexibility index (Phi) is 9.11. The Morgan fingerprint density at radius 3 is 2.38 bits per heavy atom. The van der Waals surface area contributed by atoms with E-state index in [1.807, 2.05) is 37.3 Å². The van der Waals surface area contributed by atoms with Gasteiger partial charge in [0, 0.05) is 39.4 Å². The number of likely N-dealkylation sites (N-methyl/N-ethyl adjacent to an activating group) is 1. The van der Waals surface area contributed by atoms with Crippen LogP contribution in [0, 0.1) is 5.92 Å². The van der Waals surface area contributed by atoms with Crippen LogP contribution in [0.15, 0.2) is 77.7 Å². The van der Waals surface area contributed by atoms with Gasteiger partial charge >= 0.3 is 0 Å². The molecule has 0 saturated carbocycles. The van der Waals surface area contributed by atoms with Crippen LogP contribution in [0.4, 0.5) is 5.69 Å². The van der Waals surface area contributed by atoms with E-state index in [0.29, 0.717) is 42.5 Å². The number of carbonyl (C=O) groups is 1. The lowest BCUT2D eigenvalue weighted by Gasteiger charge is -2.30. The predicted molar refractivity (Wildman–Crippen MR) is 150 cm³/mol. The molecule has 0 saturated heterocycles. The molecular weight excluding hydrogens is 518 g/mol. The second-order valence-electron chi connectivity index (χ2n) is 9.76. The van der Waals surface area contributed by atoms with Gasteiger partial charge in [-0.05, 0) is 61.4 Å². The minimum absolute atomic E-state index is 0.00188. The van der Waals surface area contributed by atoms with E-state index in [4.69, 9.17) is 14.2 Å². The number of benzene rings is 3. The molecule has 39 heavy (non-hydrogen) atoms. The zero-order valence-electron chi connectivity index (χ0n) is 22.6. The molecule has 3 aromatic rings. The number of methoxy groups -OCH3 is 1. The Labute approximate surface area is 230 Å². The normalized spacial score (nSPS) is 20.7. The number of nitrogens with zero attached hydrogens (tertiary/aromatic N) is 1. The van der Waals surface area contributed by atoms with Crippen molar-refractivity contribution in [1.29, 1.82) is 0 Å². The van der Waals surface area contributed by atoms with Crippen molar-refractivity contribution in [2.75, 3.05) is 38.6 Å². The van der Waals surface area contributed by atoms with Gasteiger partial charge in [-0.1, -0.05) is 25.1 Å². The lowest BCUT2D eigenvalue weighted by Crippen LogP contribution is -2.44. The maximum absolute atomic E-state index is 13.3. The van der Waals surface area contributed by atoms with Crippen LogP contribution in [0.1, 0.15) is 24.2 Å². The van der Waals surface area contributed by atoms with Crippen LogP contribution in [0.3, 0.4) is 0 Å². The van der Waals surface area contributed by atoms with Gasteiger partial charge in [0.05, 0.1) is 22.3 Å². The van der Waals surface area contributed by atoms with Gasteiger partial charge < -0.3 is 24.4 Å². The van der Waals surface area contributed by atoms with E-state index in [1.165, 1.54) is 12.1 Å². The minimum Gasteiger partial charge on any atom is -0.491 e. The van der Waals surface area contributed by atoms with Gasteiger partial charge in [-0.25, -0.2) is 8.42 Å². The Bertz CT molecular complexity index is 1370. The molecule has 0 fully saturated rings. The van der Waals surface area contributed by atoms with Crippen molar-refractivity contribution in [1.82, 2.24) is 10.2 Å². The predicted octanol–water partition coefficient (Wildman–Crippen LogP) is 4.37. The highest BCUT2D eigenvalue weighted by Gasteiger charge is 2.26. The van der Waals surface area contributed by atoms with E-state index in [1.54, 1.807) is 49.4 Å². The average molecular weight is 554 g/mol. The van der Waals surface area contributed by atoms with E-state index in [2.05, 4.69) is 17.0 Å². The van der Waals surface area contributed by atoms with Gasteiger partial charge in [0.15, 0.2) is 0 Å². The molecule has 0 spiro atoms. The minimum atomic E-state index is -3.91. The van der Waals surface area contributed by atoms with Crippen LogP contribution in [-0.4, -0.2) is 65.2 Å². The zero-order chi connectivity index (χ0) is 28.0. The molecule has 9 nitrogen and oxygen atoms in total. The van der Waals surface area contributed by atoms with E-state index < -0.39 is 10.0 Å². The molecule has 208 valence electrons. The summed E-state index contributed by atoms with van der Waals surface area (Å²) in [6.07, 6.45) is -0.141. The molecule has 3 atom stereocenters. The van der Waals surface area contributed by atoms with Gasteiger partial charge in [0.2, 0.25) is 0 Å². The number of anilines is 1. The number of amides is 1. The first-order valence-corrected chi connectivity index (χ1v) is 14.3. The first kappa shape index (κ1) is 28.4. The fourth-order valence-corrected chi connectivity index (χ4v) is 5.29. The van der Waals surface area contributed by atoms with Crippen molar-refractivity contribution in [2.45, 2.75) is 30.9 Å². The molecule has 0 aliphatic carbocycles. The van der Waals surface area contributed by atoms with Gasteiger partial charge in [0.1, 0.15) is 23.9 Å². The average Bonchev–Trinajstić information content (AvgIpc) is 2.93. The highest BCUT2D eigenvalue weighted by molar-refractivity contribution is 7.92. The zero-order valence-corrected chi connectivity index (χ0v) is 23.4. The summed E-state index contributed by atoms with van der Waals surface area (Å²) < 4.78 is 46.3. The molecule has 1 aliphatic rings. The summed E-state index contributed by atoms with van der Waals surface area (Å²) in [4.78, 5) is 15.0. The quantitative estimate of drug-likeness (QED) is 0.467. The van der Waals surface area contributed by atoms with Crippen molar-refractivity contribution in [3.05, 3.63) is 78.4 Å². The Hall–Kier alpha value is -3.60. The summed E-state index contributed by atoms with van der Waals surface area (Å²) in [5.74, 6) is 1.42. The lowest BCUT2D eigenvalue weighted by atomic mass is 10.0. The number of hydrogen-bond acceptors (Lipinski definition) is 7. The molecule has 1 amide bonds. The SMILES string of the molecule is CO[C@@H]1CN(C)C(=O)c2ccc(NS(=O)(=O)c3ccc(Oc4ccccc4)cc3)cc2OC[C@H](C)NC[C@H]1C. The monoisotopic (exact) mass is 553 g/mol. The second-order valence-corrected chi connectivity index (χ2v) is 11.4. The molecule has 3 aromatic carbocycles. The van der Waals surface area contributed by atoms with Crippen molar-refractivity contribution in [2.24, 2.45) is 5.92 Å². The molecule has 0 radical (unpaired) electrons. The van der Waals surface area contributed by atoms with Crippen molar-refractivity contribution in [3.8, 4) is 17.2 Å². The Morgan fingerprint density at radius 2 is 1.69 bits per heavy atom. The summed E-state index contributed by atoms with van der Waals surface area (Å²) in [7, 11) is -0.543. The summed E-state index contributed by atoms with van der Waals surface area (Å²) in [5, 5.41) is 3.44. The molecule has 4 rings (SSSR count). The molecule has 1 aliphatic heterocycles. The fraction of sp³-hybridized carbons (Fsp3) is 0.345. The highest BCUT2D eigenvalue weighted by atomic mass is 32.2. The molecular formula is C29H35N3O6S. The van der Waals surface area contributed by atoms with Gasteiger partial charge in [-0.15, -0.1) is 0 Å². The van der Waals surface area contributed by atoms with Crippen molar-refractivity contribution < 1.29 is 27.4 Å². The number of para-hydroxylation sites is 1. The van der Waals surface area contributed by atoms with Crippen LogP contribution in [-0.2, 0) is 14.8 Å². The second kappa shape index (κ2) is 12.5. The molecule has 0 aromatic heterocycles. The van der Waals surface area contributed by atoms with E-state index in [9.17, 15) is 13.2 Å². The number of carbonyl (C=O) groups excluding carboxylic acids is 1. The number of rotatable bonds is 6. The summed E-state index contributed by atoms with van der Waals surface area (Å²) in [5.41, 5.74) is 0.628. The standard InChI is InChI=1S/C29H35N3O6S/c1-20-17-30-21(2)19-37-27-16-22(10-15-26(27)29(33)32(3)18-28(20)36-4)31-39(34,35)25-13-11-24(12-14-25)38-23-8-6-5-7-9-23/h5-16,20-21,28,30-31H,17-19H2,1-4H3/t20-,21+,28-/m1/s1.